The first kappa shape index (κ1) is 8.80. The summed E-state index contributed by atoms with van der Waals surface area (Å²) in [4.78, 5) is 0. The Hall–Kier alpha value is -1.29. The summed E-state index contributed by atoms with van der Waals surface area (Å²) in [6, 6.07) is 3.05. The van der Waals surface area contributed by atoms with E-state index in [2.05, 4.69) is 0 Å². The lowest BCUT2D eigenvalue weighted by atomic mass is 10.1. The highest BCUT2D eigenvalue weighted by Gasteiger charge is 2.10. The zero-order valence-electron chi connectivity index (χ0n) is 6.37. The molecule has 1 atom stereocenters. The van der Waals surface area contributed by atoms with Crippen LogP contribution >= 0.6 is 0 Å². The smallest absolute Gasteiger partial charge is 0.124 e. The van der Waals surface area contributed by atoms with Crippen LogP contribution in [0, 0.1) is 0 Å². The number of hydrogen-bond donors (Lipinski definition) is 3. The molecule has 12 heavy (non-hydrogen) atoms. The van der Waals surface area contributed by atoms with Crippen molar-refractivity contribution >= 4 is 0 Å². The van der Waals surface area contributed by atoms with Crippen molar-refractivity contribution in [3.63, 3.8) is 0 Å². The third kappa shape index (κ3) is 1.65. The Kier molecular flexibility index (Phi) is 2.50. The number of phenolic OH excluding ortho intramolecular Hbond substituents is 2. The van der Waals surface area contributed by atoms with Gasteiger partial charge in [-0.3, -0.25) is 0 Å². The minimum Gasteiger partial charge on any atom is -0.508 e. The molecule has 1 aromatic carbocycles. The van der Waals surface area contributed by atoms with Gasteiger partial charge < -0.3 is 15.9 Å². The number of benzene rings is 1. The van der Waals surface area contributed by atoms with Crippen molar-refractivity contribution in [1.29, 1.82) is 0 Å². The monoisotopic (exact) mass is 171 g/mol. The predicted octanol–water partition coefficient (Wildman–Crippen LogP) is 1.07. The summed E-state index contributed by atoms with van der Waals surface area (Å²) in [6.45, 7) is -0.738. The maximum absolute atomic E-state index is 12.1. The first-order valence-corrected chi connectivity index (χ1v) is 3.48. The fraction of sp³-hybridized carbons (Fsp3) is 0.250. The molecule has 66 valence electrons. The molecule has 0 aliphatic carbocycles. The molecule has 1 rings (SSSR count). The lowest BCUT2D eigenvalue weighted by Crippen LogP contribution is -2.11. The van der Waals surface area contributed by atoms with Crippen LogP contribution in [-0.4, -0.2) is 16.9 Å². The van der Waals surface area contributed by atoms with Crippen LogP contribution in [0.1, 0.15) is 11.6 Å². The SMILES string of the molecule is N[C@@H](CF)c1ccc(O)cc1O. The molecule has 0 amide bonds. The zero-order chi connectivity index (χ0) is 9.14. The van der Waals surface area contributed by atoms with Crippen molar-refractivity contribution in [1.82, 2.24) is 0 Å². The van der Waals surface area contributed by atoms with E-state index in [9.17, 15) is 9.50 Å². The molecule has 0 bridgehead atoms. The molecule has 0 fully saturated rings. The number of phenols is 2. The van der Waals surface area contributed by atoms with E-state index < -0.39 is 12.7 Å². The van der Waals surface area contributed by atoms with E-state index in [1.165, 1.54) is 12.1 Å². The van der Waals surface area contributed by atoms with E-state index in [0.29, 0.717) is 5.56 Å². The van der Waals surface area contributed by atoms with Crippen LogP contribution in [0.4, 0.5) is 4.39 Å². The van der Waals surface area contributed by atoms with Crippen molar-refractivity contribution in [2.45, 2.75) is 6.04 Å². The van der Waals surface area contributed by atoms with Gasteiger partial charge in [0.25, 0.3) is 0 Å². The van der Waals surface area contributed by atoms with Crippen LogP contribution < -0.4 is 5.73 Å². The Labute approximate surface area is 69.3 Å². The van der Waals surface area contributed by atoms with Crippen molar-refractivity contribution < 1.29 is 14.6 Å². The summed E-state index contributed by atoms with van der Waals surface area (Å²) in [7, 11) is 0. The van der Waals surface area contributed by atoms with Crippen molar-refractivity contribution in [3.8, 4) is 11.5 Å². The molecule has 0 heterocycles. The Morgan fingerprint density at radius 2 is 2.08 bits per heavy atom. The van der Waals surface area contributed by atoms with Crippen molar-refractivity contribution in [3.05, 3.63) is 23.8 Å². The largest absolute Gasteiger partial charge is 0.508 e. The highest BCUT2D eigenvalue weighted by atomic mass is 19.1. The van der Waals surface area contributed by atoms with E-state index in [1.807, 2.05) is 0 Å². The predicted molar refractivity (Wildman–Crippen MR) is 42.7 cm³/mol. The van der Waals surface area contributed by atoms with E-state index in [1.54, 1.807) is 0 Å². The molecule has 0 saturated carbocycles. The maximum Gasteiger partial charge on any atom is 0.124 e. The van der Waals surface area contributed by atoms with Crippen LogP contribution in [0.3, 0.4) is 0 Å². The fourth-order valence-corrected chi connectivity index (χ4v) is 0.929. The van der Waals surface area contributed by atoms with Gasteiger partial charge in [-0.25, -0.2) is 4.39 Å². The Morgan fingerprint density at radius 1 is 1.42 bits per heavy atom. The van der Waals surface area contributed by atoms with Crippen molar-refractivity contribution in [2.24, 2.45) is 5.73 Å². The molecular formula is C8H10FNO2. The van der Waals surface area contributed by atoms with Crippen LogP contribution in [0.2, 0.25) is 0 Å². The van der Waals surface area contributed by atoms with Crippen molar-refractivity contribution in [2.75, 3.05) is 6.67 Å². The summed E-state index contributed by atoms with van der Waals surface area (Å²) < 4.78 is 12.1. The zero-order valence-corrected chi connectivity index (χ0v) is 6.37. The van der Waals surface area contributed by atoms with Gasteiger partial charge in [0, 0.05) is 11.6 Å². The lowest BCUT2D eigenvalue weighted by molar-refractivity contribution is 0.409. The standard InChI is InChI=1S/C8H10FNO2/c9-4-7(10)6-2-1-5(11)3-8(6)12/h1-3,7,11-12H,4,10H2/t7-/m0/s1. The fourth-order valence-electron chi connectivity index (χ4n) is 0.929. The van der Waals surface area contributed by atoms with E-state index >= 15 is 0 Å². The Balaban J connectivity index is 3.01. The van der Waals surface area contributed by atoms with E-state index in [4.69, 9.17) is 10.8 Å². The topological polar surface area (TPSA) is 66.5 Å². The lowest BCUT2D eigenvalue weighted by Gasteiger charge is -2.09. The quantitative estimate of drug-likeness (QED) is 0.623. The second-order valence-electron chi connectivity index (χ2n) is 2.50. The molecule has 1 aromatic rings. The van der Waals surface area contributed by atoms with Gasteiger partial charge in [-0.15, -0.1) is 0 Å². The number of alkyl halides is 1. The summed E-state index contributed by atoms with van der Waals surface area (Å²) in [5, 5.41) is 18.1. The van der Waals surface area contributed by atoms with E-state index in [-0.39, 0.29) is 11.5 Å². The van der Waals surface area contributed by atoms with Gasteiger partial charge in [0.15, 0.2) is 0 Å². The second kappa shape index (κ2) is 3.40. The van der Waals surface area contributed by atoms with Gasteiger partial charge >= 0.3 is 0 Å². The molecule has 0 unspecified atom stereocenters. The molecule has 0 spiro atoms. The van der Waals surface area contributed by atoms with Gasteiger partial charge in [-0.2, -0.15) is 0 Å². The van der Waals surface area contributed by atoms with Gasteiger partial charge in [0.05, 0.1) is 6.04 Å². The van der Waals surface area contributed by atoms with Gasteiger partial charge in [-0.05, 0) is 12.1 Å². The second-order valence-corrected chi connectivity index (χ2v) is 2.50. The van der Waals surface area contributed by atoms with E-state index in [0.717, 1.165) is 6.07 Å². The molecule has 4 heteroatoms. The Bertz CT molecular complexity index is 278. The molecule has 0 aliphatic rings. The van der Waals surface area contributed by atoms with Crippen LogP contribution in [0.15, 0.2) is 18.2 Å². The van der Waals surface area contributed by atoms with Crippen LogP contribution in [0.25, 0.3) is 0 Å². The van der Waals surface area contributed by atoms with Gasteiger partial charge in [-0.1, -0.05) is 0 Å². The number of halogens is 1. The molecule has 4 N–H and O–H groups in total. The van der Waals surface area contributed by atoms with Gasteiger partial charge in [0.2, 0.25) is 0 Å². The first-order valence-electron chi connectivity index (χ1n) is 3.48. The van der Waals surface area contributed by atoms with Gasteiger partial charge in [0.1, 0.15) is 18.2 Å². The molecule has 0 radical (unpaired) electrons. The highest BCUT2D eigenvalue weighted by molar-refractivity contribution is 5.40. The highest BCUT2D eigenvalue weighted by Crippen LogP contribution is 2.26. The van der Waals surface area contributed by atoms with Crippen LogP contribution in [-0.2, 0) is 0 Å². The number of hydrogen-bond acceptors (Lipinski definition) is 3. The third-order valence-electron chi connectivity index (χ3n) is 1.58. The van der Waals surface area contributed by atoms with Crippen LogP contribution in [0.5, 0.6) is 11.5 Å². The first-order chi connectivity index (χ1) is 5.65. The molecular weight excluding hydrogens is 161 g/mol. The average Bonchev–Trinajstić information content (AvgIpc) is 2.03. The number of rotatable bonds is 2. The maximum atomic E-state index is 12.1. The Morgan fingerprint density at radius 3 is 2.58 bits per heavy atom. The molecule has 0 saturated heterocycles. The molecule has 3 nitrogen and oxygen atoms in total. The molecule has 0 aromatic heterocycles. The number of nitrogens with two attached hydrogens (primary N) is 1. The summed E-state index contributed by atoms with van der Waals surface area (Å²) in [5.41, 5.74) is 5.63. The summed E-state index contributed by atoms with van der Waals surface area (Å²) >= 11 is 0. The minimum absolute atomic E-state index is 0.0673. The average molecular weight is 171 g/mol. The normalized spacial score (nSPS) is 12.8. The summed E-state index contributed by atoms with van der Waals surface area (Å²) in [5.74, 6) is -0.248. The number of aromatic hydroxyl groups is 2. The molecule has 0 aliphatic heterocycles. The summed E-state index contributed by atoms with van der Waals surface area (Å²) in [6.07, 6.45) is 0. The third-order valence-corrected chi connectivity index (χ3v) is 1.58. The minimum atomic E-state index is -0.828.